The standard InChI is InChI=1S/C20H21N5O6S/c1-32-11-9-14(20(28)29)23-19(27)15(24-18(26)13-6-3-2-4-7-13)12-22-17-16(25(30)31)8-5-10-21-17/h2-8,10,12,14H,9,11H2,1H3,(H,21,22)(H,23,27)(H,24,26)(H,28,29)/b15-12-. The van der Waals surface area contributed by atoms with Gasteiger partial charge in [0.25, 0.3) is 11.8 Å². The topological polar surface area (TPSA) is 164 Å². The number of carboxylic acid groups (broad SMARTS) is 1. The zero-order valence-corrected chi connectivity index (χ0v) is 17.8. The van der Waals surface area contributed by atoms with Crippen LogP contribution in [0.4, 0.5) is 11.5 Å². The molecule has 0 aliphatic rings. The third-order valence-corrected chi connectivity index (χ3v) is 4.72. The van der Waals surface area contributed by atoms with Crippen LogP contribution in [0.15, 0.2) is 60.6 Å². The molecule has 2 amide bonds. The minimum absolute atomic E-state index is 0.158. The summed E-state index contributed by atoms with van der Waals surface area (Å²) < 4.78 is 0. The minimum atomic E-state index is -1.23. The van der Waals surface area contributed by atoms with E-state index in [2.05, 4.69) is 20.9 Å². The van der Waals surface area contributed by atoms with Crippen LogP contribution in [0.25, 0.3) is 0 Å². The Morgan fingerprint density at radius 3 is 2.56 bits per heavy atom. The highest BCUT2D eigenvalue weighted by Crippen LogP contribution is 2.20. The van der Waals surface area contributed by atoms with Crippen LogP contribution in [0.1, 0.15) is 16.8 Å². The van der Waals surface area contributed by atoms with E-state index in [1.54, 1.807) is 24.5 Å². The SMILES string of the molecule is CSCCC(NC(=O)/C(=C/Nc1ncccc1[N+](=O)[O-])NC(=O)c1ccccc1)C(=O)O. The van der Waals surface area contributed by atoms with E-state index in [1.807, 2.05) is 0 Å². The predicted octanol–water partition coefficient (Wildman–Crippen LogP) is 2.00. The summed E-state index contributed by atoms with van der Waals surface area (Å²) in [5, 5.41) is 27.8. The van der Waals surface area contributed by atoms with Crippen LogP contribution in [-0.4, -0.2) is 50.8 Å². The molecule has 1 heterocycles. The van der Waals surface area contributed by atoms with Crippen molar-refractivity contribution in [3.05, 3.63) is 76.2 Å². The third-order valence-electron chi connectivity index (χ3n) is 4.08. The van der Waals surface area contributed by atoms with E-state index < -0.39 is 28.7 Å². The molecule has 32 heavy (non-hydrogen) atoms. The van der Waals surface area contributed by atoms with Gasteiger partial charge in [0.2, 0.25) is 5.82 Å². The summed E-state index contributed by atoms with van der Waals surface area (Å²) in [6.07, 6.45) is 4.31. The van der Waals surface area contributed by atoms with Crippen LogP contribution in [0.5, 0.6) is 0 Å². The fourth-order valence-corrected chi connectivity index (χ4v) is 2.94. The van der Waals surface area contributed by atoms with E-state index in [0.717, 1.165) is 6.20 Å². The number of nitrogens with one attached hydrogen (secondary N) is 3. The fourth-order valence-electron chi connectivity index (χ4n) is 2.47. The van der Waals surface area contributed by atoms with E-state index in [4.69, 9.17) is 0 Å². The summed E-state index contributed by atoms with van der Waals surface area (Å²) in [6, 6.07) is 9.45. The minimum Gasteiger partial charge on any atom is -0.480 e. The normalized spacial score (nSPS) is 11.8. The largest absolute Gasteiger partial charge is 0.480 e. The summed E-state index contributed by atoms with van der Waals surface area (Å²) in [4.78, 5) is 51.2. The predicted molar refractivity (Wildman–Crippen MR) is 119 cm³/mol. The highest BCUT2D eigenvalue weighted by Gasteiger charge is 2.23. The van der Waals surface area contributed by atoms with Gasteiger partial charge in [-0.15, -0.1) is 0 Å². The van der Waals surface area contributed by atoms with Crippen LogP contribution in [0.3, 0.4) is 0 Å². The van der Waals surface area contributed by atoms with E-state index >= 15 is 0 Å². The second-order valence-corrected chi connectivity index (χ2v) is 7.28. The average molecular weight is 459 g/mol. The molecule has 0 saturated heterocycles. The van der Waals surface area contributed by atoms with Crippen LogP contribution < -0.4 is 16.0 Å². The first-order valence-electron chi connectivity index (χ1n) is 9.28. The molecule has 1 aromatic heterocycles. The number of aliphatic carboxylic acids is 1. The lowest BCUT2D eigenvalue weighted by Crippen LogP contribution is -2.44. The van der Waals surface area contributed by atoms with Gasteiger partial charge in [0.05, 0.1) is 4.92 Å². The number of hydrogen-bond acceptors (Lipinski definition) is 8. The molecule has 0 fully saturated rings. The Morgan fingerprint density at radius 2 is 1.94 bits per heavy atom. The Hall–Kier alpha value is -3.93. The molecule has 0 radical (unpaired) electrons. The van der Waals surface area contributed by atoms with E-state index in [1.165, 1.54) is 42.2 Å². The molecule has 2 aromatic rings. The monoisotopic (exact) mass is 459 g/mol. The first kappa shape index (κ1) is 24.3. The Bertz CT molecular complexity index is 1010. The summed E-state index contributed by atoms with van der Waals surface area (Å²) in [5.41, 5.74) is -0.428. The van der Waals surface area contributed by atoms with Crippen molar-refractivity contribution in [3.8, 4) is 0 Å². The summed E-state index contributed by atoms with van der Waals surface area (Å²) in [6.45, 7) is 0. The first-order chi connectivity index (χ1) is 15.3. The fraction of sp³-hybridized carbons (Fsp3) is 0.200. The Balaban J connectivity index is 2.30. The van der Waals surface area contributed by atoms with E-state index in [9.17, 15) is 29.6 Å². The number of carboxylic acids is 1. The Labute approximate surface area is 187 Å². The van der Waals surface area contributed by atoms with Crippen molar-refractivity contribution in [1.82, 2.24) is 15.6 Å². The number of benzene rings is 1. The van der Waals surface area contributed by atoms with Crippen molar-refractivity contribution in [1.29, 1.82) is 0 Å². The number of anilines is 1. The number of thioether (sulfide) groups is 1. The smallest absolute Gasteiger partial charge is 0.326 e. The number of nitro groups is 1. The number of pyridine rings is 1. The van der Waals surface area contributed by atoms with Gasteiger partial charge in [-0.3, -0.25) is 19.7 Å². The van der Waals surface area contributed by atoms with Crippen LogP contribution >= 0.6 is 11.8 Å². The second kappa shape index (κ2) is 12.1. The number of aromatic nitrogens is 1. The molecule has 1 aromatic carbocycles. The highest BCUT2D eigenvalue weighted by molar-refractivity contribution is 7.98. The van der Waals surface area contributed by atoms with Gasteiger partial charge in [-0.1, -0.05) is 18.2 Å². The Morgan fingerprint density at radius 1 is 1.22 bits per heavy atom. The molecule has 168 valence electrons. The Kier molecular flexibility index (Phi) is 9.17. The van der Waals surface area contributed by atoms with Crippen molar-refractivity contribution in [2.45, 2.75) is 12.5 Å². The van der Waals surface area contributed by atoms with Crippen LogP contribution in [0, 0.1) is 10.1 Å². The molecular weight excluding hydrogens is 438 g/mol. The van der Waals surface area contributed by atoms with Crippen LogP contribution in [-0.2, 0) is 9.59 Å². The van der Waals surface area contributed by atoms with Crippen LogP contribution in [0.2, 0.25) is 0 Å². The molecule has 2 rings (SSSR count). The maximum atomic E-state index is 12.8. The van der Waals surface area contributed by atoms with Gasteiger partial charge >= 0.3 is 11.7 Å². The number of rotatable bonds is 11. The molecule has 1 unspecified atom stereocenters. The molecule has 1 atom stereocenters. The second-order valence-electron chi connectivity index (χ2n) is 6.30. The summed E-state index contributed by atoms with van der Waals surface area (Å²) in [5.74, 6) is -2.40. The van der Waals surface area contributed by atoms with E-state index in [0.29, 0.717) is 5.75 Å². The van der Waals surface area contributed by atoms with Gasteiger partial charge in [0.15, 0.2) is 0 Å². The van der Waals surface area contributed by atoms with Crippen molar-refractivity contribution < 1.29 is 24.4 Å². The lowest BCUT2D eigenvalue weighted by atomic mass is 10.2. The van der Waals surface area contributed by atoms with Gasteiger partial charge in [-0.25, -0.2) is 9.78 Å². The van der Waals surface area contributed by atoms with Gasteiger partial charge in [0.1, 0.15) is 11.7 Å². The molecule has 12 heteroatoms. The number of carbonyl (C=O) groups excluding carboxylic acids is 2. The molecule has 0 aliphatic carbocycles. The molecule has 4 N–H and O–H groups in total. The van der Waals surface area contributed by atoms with Crippen molar-refractivity contribution in [2.24, 2.45) is 0 Å². The van der Waals surface area contributed by atoms with Gasteiger partial charge in [-0.05, 0) is 36.6 Å². The zero-order chi connectivity index (χ0) is 23.5. The molecule has 0 bridgehead atoms. The number of hydrogen-bond donors (Lipinski definition) is 4. The zero-order valence-electron chi connectivity index (χ0n) is 17.0. The molecular formula is C20H21N5O6S. The average Bonchev–Trinajstić information content (AvgIpc) is 2.79. The lowest BCUT2D eigenvalue weighted by molar-refractivity contribution is -0.384. The number of nitrogens with zero attached hydrogens (tertiary/aromatic N) is 2. The number of amides is 2. The van der Waals surface area contributed by atoms with Gasteiger partial charge < -0.3 is 21.1 Å². The molecule has 11 nitrogen and oxygen atoms in total. The molecule has 0 saturated carbocycles. The van der Waals surface area contributed by atoms with Crippen molar-refractivity contribution in [3.63, 3.8) is 0 Å². The van der Waals surface area contributed by atoms with E-state index in [-0.39, 0.29) is 29.2 Å². The maximum absolute atomic E-state index is 12.8. The quantitative estimate of drug-likeness (QED) is 0.223. The maximum Gasteiger partial charge on any atom is 0.326 e. The van der Waals surface area contributed by atoms with Crippen molar-refractivity contribution in [2.75, 3.05) is 17.3 Å². The van der Waals surface area contributed by atoms with Gasteiger partial charge in [-0.2, -0.15) is 11.8 Å². The summed E-state index contributed by atoms with van der Waals surface area (Å²) >= 11 is 1.42. The number of carbonyl (C=O) groups is 3. The molecule has 0 spiro atoms. The van der Waals surface area contributed by atoms with Crippen molar-refractivity contribution >= 4 is 41.1 Å². The first-order valence-corrected chi connectivity index (χ1v) is 10.7. The molecule has 0 aliphatic heterocycles. The highest BCUT2D eigenvalue weighted by atomic mass is 32.2. The third kappa shape index (κ3) is 7.09. The summed E-state index contributed by atoms with van der Waals surface area (Å²) in [7, 11) is 0. The lowest BCUT2D eigenvalue weighted by Gasteiger charge is -2.16. The van der Waals surface area contributed by atoms with Gasteiger partial charge in [0, 0.05) is 24.0 Å².